The van der Waals surface area contributed by atoms with E-state index in [0.717, 1.165) is 11.1 Å². The van der Waals surface area contributed by atoms with Crippen molar-refractivity contribution in [1.82, 2.24) is 0 Å². The van der Waals surface area contributed by atoms with Crippen molar-refractivity contribution in [3.63, 3.8) is 0 Å². The Labute approximate surface area is 112 Å². The van der Waals surface area contributed by atoms with Gasteiger partial charge in [-0.1, -0.05) is 29.8 Å². The number of rotatable bonds is 3. The van der Waals surface area contributed by atoms with Gasteiger partial charge >= 0.3 is 5.97 Å². The Bertz CT molecular complexity index is 513. The predicted molar refractivity (Wildman–Crippen MR) is 69.3 cm³/mol. The predicted octanol–water partition coefficient (Wildman–Crippen LogP) is 2.47. The molecule has 1 aromatic carbocycles. The summed E-state index contributed by atoms with van der Waals surface area (Å²) in [7, 11) is 0. The van der Waals surface area contributed by atoms with Crippen LogP contribution in [0.5, 0.6) is 0 Å². The fourth-order valence-corrected chi connectivity index (χ4v) is 1.89. The fraction of sp³-hybridized carbons (Fsp3) is 0.333. The Hall–Kier alpha value is -2.10. The molecule has 1 heterocycles. The third-order valence-electron chi connectivity index (χ3n) is 2.87. The summed E-state index contributed by atoms with van der Waals surface area (Å²) in [4.78, 5) is 23.3. The third-order valence-corrected chi connectivity index (χ3v) is 2.87. The zero-order valence-corrected chi connectivity index (χ0v) is 11.0. The minimum atomic E-state index is -0.590. The maximum Gasteiger partial charge on any atom is 0.373 e. The van der Waals surface area contributed by atoms with Crippen LogP contribution in [0.25, 0.3) is 0 Å². The normalized spacial score (nSPS) is 18.5. The fourth-order valence-electron chi connectivity index (χ4n) is 1.89. The van der Waals surface area contributed by atoms with Crippen LogP contribution in [0, 0.1) is 6.92 Å². The van der Waals surface area contributed by atoms with E-state index < -0.39 is 12.1 Å². The average Bonchev–Trinajstić information content (AvgIpc) is 2.39. The molecule has 4 heteroatoms. The van der Waals surface area contributed by atoms with Crippen LogP contribution in [0.3, 0.4) is 0 Å². The van der Waals surface area contributed by atoms with E-state index in [1.165, 1.54) is 6.08 Å². The van der Waals surface area contributed by atoms with Gasteiger partial charge in [0.05, 0.1) is 13.0 Å². The Morgan fingerprint density at radius 2 is 2.05 bits per heavy atom. The summed E-state index contributed by atoms with van der Waals surface area (Å²) in [6.07, 6.45) is 1.03. The van der Waals surface area contributed by atoms with Crippen molar-refractivity contribution in [2.45, 2.75) is 26.4 Å². The molecule has 0 amide bonds. The van der Waals surface area contributed by atoms with Crippen molar-refractivity contribution < 1.29 is 19.1 Å². The largest absolute Gasteiger partial charge is 0.478 e. The summed E-state index contributed by atoms with van der Waals surface area (Å²) in [5, 5.41) is 0. The second-order valence-electron chi connectivity index (χ2n) is 4.42. The first kappa shape index (κ1) is 13.3. The zero-order valence-electron chi connectivity index (χ0n) is 11.0. The standard InChI is InChI=1S/C15H16O4/c1-3-18-15(17)14-9-12(16)8-13(19-14)11-6-4-10(2)5-7-11/h4-7,9,13H,3,8H2,1-2H3. The number of hydrogen-bond acceptors (Lipinski definition) is 4. The molecule has 0 aromatic heterocycles. The number of hydrogen-bond donors (Lipinski definition) is 0. The number of benzene rings is 1. The monoisotopic (exact) mass is 260 g/mol. The van der Waals surface area contributed by atoms with Gasteiger partial charge in [-0.2, -0.15) is 0 Å². The molecule has 0 radical (unpaired) electrons. The van der Waals surface area contributed by atoms with Crippen molar-refractivity contribution in [1.29, 1.82) is 0 Å². The second-order valence-corrected chi connectivity index (χ2v) is 4.42. The van der Waals surface area contributed by atoms with E-state index >= 15 is 0 Å². The topological polar surface area (TPSA) is 52.6 Å². The van der Waals surface area contributed by atoms with E-state index in [4.69, 9.17) is 9.47 Å². The Balaban J connectivity index is 2.17. The molecular formula is C15H16O4. The van der Waals surface area contributed by atoms with Gasteiger partial charge in [0.1, 0.15) is 6.10 Å². The molecule has 1 unspecified atom stereocenters. The van der Waals surface area contributed by atoms with Gasteiger partial charge in [0.25, 0.3) is 0 Å². The van der Waals surface area contributed by atoms with Crippen LogP contribution in [0.1, 0.15) is 30.6 Å². The van der Waals surface area contributed by atoms with Crippen molar-refractivity contribution >= 4 is 11.8 Å². The zero-order chi connectivity index (χ0) is 13.8. The molecule has 0 aliphatic carbocycles. The smallest absolute Gasteiger partial charge is 0.373 e. The highest BCUT2D eigenvalue weighted by molar-refractivity contribution is 5.99. The third kappa shape index (κ3) is 3.22. The molecule has 100 valence electrons. The summed E-state index contributed by atoms with van der Waals surface area (Å²) in [5.41, 5.74) is 2.01. The first-order chi connectivity index (χ1) is 9.10. The first-order valence-corrected chi connectivity index (χ1v) is 6.25. The lowest BCUT2D eigenvalue weighted by Gasteiger charge is -2.23. The van der Waals surface area contributed by atoms with Gasteiger partial charge < -0.3 is 9.47 Å². The molecule has 19 heavy (non-hydrogen) atoms. The van der Waals surface area contributed by atoms with Crippen LogP contribution < -0.4 is 0 Å². The lowest BCUT2D eigenvalue weighted by atomic mass is 10.0. The van der Waals surface area contributed by atoms with Gasteiger partial charge in [-0.3, -0.25) is 4.79 Å². The maximum absolute atomic E-state index is 11.7. The van der Waals surface area contributed by atoms with Crippen LogP contribution in [-0.2, 0) is 19.1 Å². The van der Waals surface area contributed by atoms with Gasteiger partial charge in [-0.05, 0) is 19.4 Å². The number of ether oxygens (including phenoxy) is 2. The highest BCUT2D eigenvalue weighted by Gasteiger charge is 2.27. The SMILES string of the molecule is CCOC(=O)C1=CC(=O)CC(c2ccc(C)cc2)O1. The van der Waals surface area contributed by atoms with Gasteiger partial charge in [-0.15, -0.1) is 0 Å². The molecule has 2 rings (SSSR count). The molecule has 1 aromatic rings. The molecular weight excluding hydrogens is 244 g/mol. The Morgan fingerprint density at radius 3 is 2.68 bits per heavy atom. The lowest BCUT2D eigenvalue weighted by Crippen LogP contribution is -2.21. The summed E-state index contributed by atoms with van der Waals surface area (Å²) >= 11 is 0. The van der Waals surface area contributed by atoms with Gasteiger partial charge in [-0.25, -0.2) is 4.79 Å². The molecule has 0 spiro atoms. The van der Waals surface area contributed by atoms with E-state index in [1.54, 1.807) is 6.92 Å². The van der Waals surface area contributed by atoms with E-state index in [9.17, 15) is 9.59 Å². The van der Waals surface area contributed by atoms with Crippen molar-refractivity contribution in [3.05, 3.63) is 47.2 Å². The molecule has 0 saturated heterocycles. The number of aryl methyl sites for hydroxylation is 1. The molecule has 4 nitrogen and oxygen atoms in total. The van der Waals surface area contributed by atoms with E-state index in [-0.39, 0.29) is 24.6 Å². The van der Waals surface area contributed by atoms with E-state index in [0.29, 0.717) is 0 Å². The summed E-state index contributed by atoms with van der Waals surface area (Å²) in [5.74, 6) is -0.726. The highest BCUT2D eigenvalue weighted by atomic mass is 16.6. The molecule has 1 aliphatic rings. The number of ketones is 1. The van der Waals surface area contributed by atoms with Gasteiger partial charge in [0.15, 0.2) is 5.78 Å². The van der Waals surface area contributed by atoms with Crippen LogP contribution in [0.15, 0.2) is 36.1 Å². The molecule has 0 fully saturated rings. The lowest BCUT2D eigenvalue weighted by molar-refractivity contribution is -0.145. The van der Waals surface area contributed by atoms with Crippen LogP contribution in [0.2, 0.25) is 0 Å². The van der Waals surface area contributed by atoms with Crippen LogP contribution >= 0.6 is 0 Å². The number of esters is 1. The molecule has 0 saturated carbocycles. The van der Waals surface area contributed by atoms with E-state index in [2.05, 4.69) is 0 Å². The summed E-state index contributed by atoms with van der Waals surface area (Å²) in [6, 6.07) is 7.71. The van der Waals surface area contributed by atoms with Crippen LogP contribution in [-0.4, -0.2) is 18.4 Å². The average molecular weight is 260 g/mol. The minimum absolute atomic E-state index is 0.0105. The first-order valence-electron chi connectivity index (χ1n) is 6.25. The number of carbonyl (C=O) groups is 2. The second kappa shape index (κ2) is 5.69. The van der Waals surface area contributed by atoms with Crippen LogP contribution in [0.4, 0.5) is 0 Å². The van der Waals surface area contributed by atoms with Gasteiger partial charge in [0.2, 0.25) is 5.76 Å². The van der Waals surface area contributed by atoms with Crippen molar-refractivity contribution in [3.8, 4) is 0 Å². The minimum Gasteiger partial charge on any atom is -0.478 e. The van der Waals surface area contributed by atoms with Crippen molar-refractivity contribution in [2.24, 2.45) is 0 Å². The number of carbonyl (C=O) groups excluding carboxylic acids is 2. The maximum atomic E-state index is 11.7. The summed E-state index contributed by atoms with van der Waals surface area (Å²) < 4.78 is 10.4. The summed E-state index contributed by atoms with van der Waals surface area (Å²) in [6.45, 7) is 3.95. The molecule has 0 bridgehead atoms. The van der Waals surface area contributed by atoms with Gasteiger partial charge in [0, 0.05) is 6.08 Å². The van der Waals surface area contributed by atoms with E-state index in [1.807, 2.05) is 31.2 Å². The van der Waals surface area contributed by atoms with Crippen molar-refractivity contribution in [2.75, 3.05) is 6.61 Å². The quantitative estimate of drug-likeness (QED) is 0.783. The molecule has 1 atom stereocenters. The molecule has 1 aliphatic heterocycles. The number of allylic oxidation sites excluding steroid dienone is 1. The Kier molecular flexibility index (Phi) is 4.00. The highest BCUT2D eigenvalue weighted by Crippen LogP contribution is 2.29. The molecule has 0 N–H and O–H groups in total. The Morgan fingerprint density at radius 1 is 1.37 bits per heavy atom.